The highest BCUT2D eigenvalue weighted by atomic mass is 32.2. The van der Waals surface area contributed by atoms with Gasteiger partial charge >= 0.3 is 0 Å². The molecule has 0 aliphatic carbocycles. The Hall–Kier alpha value is -2.59. The summed E-state index contributed by atoms with van der Waals surface area (Å²) in [7, 11) is 0. The third-order valence-corrected chi connectivity index (χ3v) is 6.24. The second-order valence-corrected chi connectivity index (χ2v) is 8.39. The third-order valence-electron chi connectivity index (χ3n) is 4.44. The lowest BCUT2D eigenvalue weighted by molar-refractivity contribution is -0.129. The number of hydrogen-bond acceptors (Lipinski definition) is 8. The van der Waals surface area contributed by atoms with Crippen molar-refractivity contribution in [3.63, 3.8) is 0 Å². The highest BCUT2D eigenvalue weighted by molar-refractivity contribution is 7.99. The van der Waals surface area contributed by atoms with E-state index in [4.69, 9.17) is 9.47 Å². The van der Waals surface area contributed by atoms with Gasteiger partial charge in [-0.2, -0.15) is 0 Å². The molecule has 10 heteroatoms. The van der Waals surface area contributed by atoms with Gasteiger partial charge in [0.05, 0.1) is 18.8 Å². The Morgan fingerprint density at radius 2 is 2.17 bits per heavy atom. The molecule has 1 aliphatic rings. The molecule has 152 valence electrons. The van der Waals surface area contributed by atoms with Gasteiger partial charge in [0.25, 0.3) is 0 Å². The lowest BCUT2D eigenvalue weighted by Crippen LogP contribution is -2.44. The van der Waals surface area contributed by atoms with Crippen LogP contribution in [0.15, 0.2) is 46.9 Å². The minimum atomic E-state index is -0.192. The van der Waals surface area contributed by atoms with Crippen LogP contribution in [0.4, 0.5) is 0 Å². The molecule has 1 atom stereocenters. The molecule has 1 amide bonds. The molecule has 3 heterocycles. The van der Waals surface area contributed by atoms with Crippen LogP contribution in [0.25, 0.3) is 0 Å². The Kier molecular flexibility index (Phi) is 6.30. The summed E-state index contributed by atoms with van der Waals surface area (Å²) < 4.78 is 13.4. The van der Waals surface area contributed by atoms with Gasteiger partial charge in [-0.25, -0.2) is 4.68 Å². The quantitative estimate of drug-likeness (QED) is 0.507. The van der Waals surface area contributed by atoms with Crippen LogP contribution in [0.3, 0.4) is 0 Å². The molecule has 1 aromatic carbocycles. The van der Waals surface area contributed by atoms with Crippen LogP contribution >= 0.6 is 23.1 Å². The van der Waals surface area contributed by atoms with Crippen LogP contribution in [0.2, 0.25) is 0 Å². The predicted molar refractivity (Wildman–Crippen MR) is 111 cm³/mol. The number of amides is 1. The van der Waals surface area contributed by atoms with Gasteiger partial charge in [0, 0.05) is 11.4 Å². The molecule has 1 aliphatic heterocycles. The zero-order chi connectivity index (χ0) is 20.1. The standard InChI is InChI=1S/C19H21N5O3S2/c1-2-23(10-14-12-26-16-7-3-4-8-17(16)27-14)18(25)13-29-19-20-21-22-24(19)11-15-6-5-9-28-15/h3-9,14H,2,10-13H2,1H3. The van der Waals surface area contributed by atoms with Crippen molar-refractivity contribution in [3.05, 3.63) is 46.7 Å². The van der Waals surface area contributed by atoms with Crippen LogP contribution in [-0.2, 0) is 11.3 Å². The fourth-order valence-electron chi connectivity index (χ4n) is 2.97. The first-order valence-electron chi connectivity index (χ1n) is 9.30. The average Bonchev–Trinajstić information content (AvgIpc) is 3.42. The van der Waals surface area contributed by atoms with Gasteiger partial charge in [-0.15, -0.1) is 16.4 Å². The van der Waals surface area contributed by atoms with E-state index in [2.05, 4.69) is 15.5 Å². The van der Waals surface area contributed by atoms with Crippen molar-refractivity contribution >= 4 is 29.0 Å². The topological polar surface area (TPSA) is 82.4 Å². The summed E-state index contributed by atoms with van der Waals surface area (Å²) in [4.78, 5) is 15.7. The maximum absolute atomic E-state index is 12.7. The van der Waals surface area contributed by atoms with Crippen LogP contribution < -0.4 is 9.47 Å². The molecule has 8 nitrogen and oxygen atoms in total. The molecule has 0 saturated heterocycles. The average molecular weight is 432 g/mol. The van der Waals surface area contributed by atoms with Gasteiger partial charge in [-0.3, -0.25) is 4.79 Å². The molecule has 0 saturated carbocycles. The van der Waals surface area contributed by atoms with Crippen LogP contribution in [0.5, 0.6) is 11.5 Å². The van der Waals surface area contributed by atoms with Gasteiger partial charge < -0.3 is 14.4 Å². The van der Waals surface area contributed by atoms with Gasteiger partial charge in [-0.05, 0) is 40.9 Å². The largest absolute Gasteiger partial charge is 0.486 e. The number of fused-ring (bicyclic) bond motifs is 1. The zero-order valence-electron chi connectivity index (χ0n) is 15.9. The predicted octanol–water partition coefficient (Wildman–Crippen LogP) is 2.56. The van der Waals surface area contributed by atoms with Gasteiger partial charge in [0.1, 0.15) is 6.61 Å². The van der Waals surface area contributed by atoms with Crippen LogP contribution in [-0.4, -0.2) is 62.6 Å². The molecule has 4 rings (SSSR count). The van der Waals surface area contributed by atoms with Crippen molar-refractivity contribution in [1.29, 1.82) is 0 Å². The number of para-hydroxylation sites is 2. The molecule has 3 aromatic rings. The Morgan fingerprint density at radius 3 is 2.97 bits per heavy atom. The highest BCUT2D eigenvalue weighted by Crippen LogP contribution is 2.31. The van der Waals surface area contributed by atoms with E-state index in [0.29, 0.717) is 31.4 Å². The minimum absolute atomic E-state index is 0.0191. The first-order valence-corrected chi connectivity index (χ1v) is 11.2. The Labute approximate surface area is 176 Å². The lowest BCUT2D eigenvalue weighted by Gasteiger charge is -2.30. The number of rotatable bonds is 8. The number of nitrogens with zero attached hydrogens (tertiary/aromatic N) is 5. The molecule has 1 unspecified atom stereocenters. The zero-order valence-corrected chi connectivity index (χ0v) is 17.6. The number of thiophene rings is 1. The molecule has 0 spiro atoms. The number of likely N-dealkylation sites (N-methyl/N-ethyl adjacent to an activating group) is 1. The number of hydrogen-bond donors (Lipinski definition) is 0. The Balaban J connectivity index is 1.31. The molecular formula is C19H21N5O3S2. The Morgan fingerprint density at radius 1 is 1.31 bits per heavy atom. The molecule has 0 radical (unpaired) electrons. The van der Waals surface area contributed by atoms with Crippen molar-refractivity contribution in [2.45, 2.75) is 24.7 Å². The van der Waals surface area contributed by atoms with E-state index in [-0.39, 0.29) is 17.8 Å². The maximum atomic E-state index is 12.7. The molecule has 0 N–H and O–H groups in total. The number of benzene rings is 1. The van der Waals surface area contributed by atoms with Gasteiger partial charge in [-0.1, -0.05) is 30.0 Å². The van der Waals surface area contributed by atoms with Crippen LogP contribution in [0, 0.1) is 0 Å². The highest BCUT2D eigenvalue weighted by Gasteiger charge is 2.25. The molecule has 0 bridgehead atoms. The summed E-state index contributed by atoms with van der Waals surface area (Å²) in [6.07, 6.45) is -0.192. The molecular weight excluding hydrogens is 410 g/mol. The van der Waals surface area contributed by atoms with Crippen molar-refractivity contribution in [2.24, 2.45) is 0 Å². The summed E-state index contributed by atoms with van der Waals surface area (Å²) in [5, 5.41) is 14.5. The van der Waals surface area contributed by atoms with E-state index in [0.717, 1.165) is 16.4 Å². The molecule has 2 aromatic heterocycles. The van der Waals surface area contributed by atoms with Crippen molar-refractivity contribution in [1.82, 2.24) is 25.1 Å². The SMILES string of the molecule is CCN(CC1COc2ccccc2O1)C(=O)CSc1nnnn1Cc1cccs1. The third kappa shape index (κ3) is 4.88. The van der Waals surface area contributed by atoms with E-state index in [9.17, 15) is 4.79 Å². The van der Waals surface area contributed by atoms with Crippen molar-refractivity contribution in [2.75, 3.05) is 25.4 Å². The van der Waals surface area contributed by atoms with E-state index in [1.54, 1.807) is 20.9 Å². The van der Waals surface area contributed by atoms with E-state index in [1.807, 2.05) is 48.7 Å². The normalized spacial score (nSPS) is 15.3. The van der Waals surface area contributed by atoms with Gasteiger partial charge in [0.15, 0.2) is 17.6 Å². The fraction of sp³-hybridized carbons (Fsp3) is 0.368. The van der Waals surface area contributed by atoms with Crippen molar-refractivity contribution in [3.8, 4) is 11.5 Å². The van der Waals surface area contributed by atoms with E-state index >= 15 is 0 Å². The number of tetrazole rings is 1. The summed E-state index contributed by atoms with van der Waals surface area (Å²) in [5.74, 6) is 1.74. The first-order chi connectivity index (χ1) is 14.2. The summed E-state index contributed by atoms with van der Waals surface area (Å²) in [6.45, 7) is 4.06. The van der Waals surface area contributed by atoms with Crippen LogP contribution in [0.1, 0.15) is 11.8 Å². The lowest BCUT2D eigenvalue weighted by atomic mass is 10.2. The Bertz CT molecular complexity index is 947. The summed E-state index contributed by atoms with van der Waals surface area (Å²) in [5.41, 5.74) is 0. The molecule has 29 heavy (non-hydrogen) atoms. The second kappa shape index (κ2) is 9.27. The van der Waals surface area contributed by atoms with Crippen molar-refractivity contribution < 1.29 is 14.3 Å². The summed E-state index contributed by atoms with van der Waals surface area (Å²) in [6, 6.07) is 11.6. The summed E-state index contributed by atoms with van der Waals surface area (Å²) >= 11 is 3.00. The number of carbonyl (C=O) groups is 1. The van der Waals surface area contributed by atoms with Gasteiger partial charge in [0.2, 0.25) is 11.1 Å². The molecule has 0 fully saturated rings. The van der Waals surface area contributed by atoms with E-state index < -0.39 is 0 Å². The maximum Gasteiger partial charge on any atom is 0.233 e. The monoisotopic (exact) mass is 431 g/mol. The van der Waals surface area contributed by atoms with E-state index in [1.165, 1.54) is 11.8 Å². The smallest absolute Gasteiger partial charge is 0.233 e. The number of carbonyl (C=O) groups excluding carboxylic acids is 1. The second-order valence-electron chi connectivity index (χ2n) is 6.42. The number of ether oxygens (including phenoxy) is 2. The minimum Gasteiger partial charge on any atom is -0.486 e. The number of thioether (sulfide) groups is 1. The number of aromatic nitrogens is 4. The fourth-order valence-corrected chi connectivity index (χ4v) is 4.44. The first kappa shape index (κ1) is 19.7.